The van der Waals surface area contributed by atoms with Crippen LogP contribution in [0, 0.1) is 13.8 Å². The topological polar surface area (TPSA) is 58.5 Å². The summed E-state index contributed by atoms with van der Waals surface area (Å²) in [5.74, 6) is 0. The molecule has 0 radical (unpaired) electrons. The Labute approximate surface area is 139 Å². The Hall–Kier alpha value is -1.56. The maximum Gasteiger partial charge on any atom is 0.354 e. The van der Waals surface area contributed by atoms with Gasteiger partial charge in [-0.2, -0.15) is 0 Å². The number of hydrogen-bond donors (Lipinski definition) is 1. The fraction of sp³-hybridized carbons (Fsp3) is 0.133. The van der Waals surface area contributed by atoms with Gasteiger partial charge in [0.1, 0.15) is 0 Å². The van der Waals surface area contributed by atoms with Crippen LogP contribution in [0.4, 0.5) is 10.5 Å². The molecule has 2 amide bonds. The highest BCUT2D eigenvalue weighted by Gasteiger charge is 2.13. The van der Waals surface area contributed by atoms with E-state index in [4.69, 9.17) is 22.3 Å². The minimum absolute atomic E-state index is 0.318. The van der Waals surface area contributed by atoms with Crippen molar-refractivity contribution < 1.29 is 9.00 Å². The summed E-state index contributed by atoms with van der Waals surface area (Å²) in [6.07, 6.45) is 0. The Morgan fingerprint density at radius 1 is 1.09 bits per heavy atom. The van der Waals surface area contributed by atoms with Gasteiger partial charge in [0.25, 0.3) is 0 Å². The van der Waals surface area contributed by atoms with Crippen molar-refractivity contribution in [1.82, 2.24) is 0 Å². The predicted molar refractivity (Wildman–Crippen MR) is 91.1 cm³/mol. The second-order valence-corrected chi connectivity index (χ2v) is 8.07. The smallest absolute Gasteiger partial charge is 0.306 e. The van der Waals surface area contributed by atoms with Crippen LogP contribution in [0.25, 0.3) is 0 Å². The second kappa shape index (κ2) is 6.69. The number of amides is 2. The molecule has 0 bridgehead atoms. The normalized spacial score (nSPS) is 13.3. The summed E-state index contributed by atoms with van der Waals surface area (Å²) >= 11 is 5.76. The van der Waals surface area contributed by atoms with Crippen molar-refractivity contribution in [2.24, 2.45) is 4.36 Å². The van der Waals surface area contributed by atoms with Crippen molar-refractivity contribution >= 4 is 42.9 Å². The van der Waals surface area contributed by atoms with Gasteiger partial charge in [0.2, 0.25) is 0 Å². The van der Waals surface area contributed by atoms with Crippen molar-refractivity contribution in [3.8, 4) is 0 Å². The standard InChI is InChI=1S/C15H14Cl2N2O2S/c1-10-7-11(2)9-14(8-10)22(17,21)19-15(20)18-13-5-3-12(16)4-6-13/h3-9H,1-2H3,(H,18,20). The summed E-state index contributed by atoms with van der Waals surface area (Å²) in [6, 6.07) is 10.9. The zero-order valence-electron chi connectivity index (χ0n) is 12.0. The van der Waals surface area contributed by atoms with Crippen molar-refractivity contribution in [3.63, 3.8) is 0 Å². The molecule has 1 atom stereocenters. The summed E-state index contributed by atoms with van der Waals surface area (Å²) in [6.45, 7) is 3.72. The molecule has 4 nitrogen and oxygen atoms in total. The van der Waals surface area contributed by atoms with Gasteiger partial charge in [-0.05, 0) is 61.4 Å². The van der Waals surface area contributed by atoms with Crippen LogP contribution in [0.1, 0.15) is 11.1 Å². The average Bonchev–Trinajstić information content (AvgIpc) is 2.39. The second-order valence-electron chi connectivity index (χ2n) is 4.81. The van der Waals surface area contributed by atoms with Gasteiger partial charge in [-0.25, -0.2) is 9.00 Å². The van der Waals surface area contributed by atoms with Gasteiger partial charge in [-0.1, -0.05) is 17.7 Å². The lowest BCUT2D eigenvalue weighted by atomic mass is 10.2. The predicted octanol–water partition coefficient (Wildman–Crippen LogP) is 5.17. The summed E-state index contributed by atoms with van der Waals surface area (Å²) in [7, 11) is 2.65. The van der Waals surface area contributed by atoms with E-state index in [0.717, 1.165) is 11.1 Å². The number of hydrogen-bond acceptors (Lipinski definition) is 2. The lowest BCUT2D eigenvalue weighted by Gasteiger charge is -2.06. The number of carbonyl (C=O) groups excluding carboxylic acids is 1. The molecule has 2 rings (SSSR count). The van der Waals surface area contributed by atoms with Crippen LogP contribution in [0.2, 0.25) is 5.02 Å². The van der Waals surface area contributed by atoms with Gasteiger partial charge in [0, 0.05) is 21.4 Å². The van der Waals surface area contributed by atoms with Crippen molar-refractivity contribution in [2.45, 2.75) is 18.7 Å². The number of carbonyl (C=O) groups is 1. The highest BCUT2D eigenvalue weighted by Crippen LogP contribution is 2.22. The van der Waals surface area contributed by atoms with Gasteiger partial charge in [0.05, 0.1) is 4.90 Å². The van der Waals surface area contributed by atoms with E-state index in [0.29, 0.717) is 15.6 Å². The van der Waals surface area contributed by atoms with Crippen LogP contribution in [0.5, 0.6) is 0 Å². The third-order valence-electron chi connectivity index (χ3n) is 2.78. The molecule has 0 aromatic heterocycles. The number of halogens is 2. The number of urea groups is 1. The Morgan fingerprint density at radius 3 is 2.18 bits per heavy atom. The van der Waals surface area contributed by atoms with Crippen LogP contribution in [0.3, 0.4) is 0 Å². The van der Waals surface area contributed by atoms with Gasteiger partial charge < -0.3 is 5.32 Å². The molecule has 0 spiro atoms. The molecule has 0 fully saturated rings. The minimum atomic E-state index is -3.32. The molecule has 116 valence electrons. The lowest BCUT2D eigenvalue weighted by Crippen LogP contribution is -2.08. The Balaban J connectivity index is 2.27. The Morgan fingerprint density at radius 2 is 1.64 bits per heavy atom. The largest absolute Gasteiger partial charge is 0.354 e. The molecule has 0 saturated carbocycles. The lowest BCUT2D eigenvalue weighted by molar-refractivity contribution is 0.260. The first-order valence-electron chi connectivity index (χ1n) is 6.38. The number of benzene rings is 2. The van der Waals surface area contributed by atoms with Crippen LogP contribution in [-0.2, 0) is 8.94 Å². The van der Waals surface area contributed by atoms with Crippen LogP contribution < -0.4 is 5.32 Å². The van der Waals surface area contributed by atoms with Crippen molar-refractivity contribution in [1.29, 1.82) is 0 Å². The molecule has 2 aromatic carbocycles. The zero-order chi connectivity index (χ0) is 16.3. The molecular formula is C15H14Cl2N2O2S. The summed E-state index contributed by atoms with van der Waals surface area (Å²) < 4.78 is 16.1. The van der Waals surface area contributed by atoms with Gasteiger partial charge in [-0.3, -0.25) is 0 Å². The van der Waals surface area contributed by atoms with Crippen LogP contribution >= 0.6 is 22.3 Å². The van der Waals surface area contributed by atoms with E-state index in [9.17, 15) is 9.00 Å². The van der Waals surface area contributed by atoms with Crippen LogP contribution in [-0.4, -0.2) is 10.2 Å². The number of nitrogens with one attached hydrogen (secondary N) is 1. The summed E-state index contributed by atoms with van der Waals surface area (Å²) in [5, 5.41) is 3.04. The van der Waals surface area contributed by atoms with Crippen LogP contribution in [0.15, 0.2) is 51.7 Å². The molecule has 0 aliphatic rings. The first kappa shape index (κ1) is 16.8. The minimum Gasteiger partial charge on any atom is -0.306 e. The van der Waals surface area contributed by atoms with Gasteiger partial charge in [0.15, 0.2) is 8.94 Å². The third-order valence-corrected chi connectivity index (χ3v) is 4.99. The molecule has 0 heterocycles. The number of rotatable bonds is 2. The van der Waals surface area contributed by atoms with E-state index in [-0.39, 0.29) is 0 Å². The van der Waals surface area contributed by atoms with E-state index in [1.54, 1.807) is 36.4 Å². The molecule has 0 saturated heterocycles. The van der Waals surface area contributed by atoms with Crippen molar-refractivity contribution in [3.05, 3.63) is 58.6 Å². The van der Waals surface area contributed by atoms with E-state index in [1.807, 2.05) is 19.9 Å². The fourth-order valence-electron chi connectivity index (χ4n) is 1.92. The van der Waals surface area contributed by atoms with E-state index >= 15 is 0 Å². The molecule has 7 heteroatoms. The average molecular weight is 357 g/mol. The highest BCUT2D eigenvalue weighted by molar-refractivity contribution is 8.15. The fourth-order valence-corrected chi connectivity index (χ4v) is 3.53. The van der Waals surface area contributed by atoms with Gasteiger partial charge in [-0.15, -0.1) is 4.36 Å². The summed E-state index contributed by atoms with van der Waals surface area (Å²) in [4.78, 5) is 12.2. The molecular weight excluding hydrogens is 343 g/mol. The Bertz CT molecular complexity index is 806. The maximum absolute atomic E-state index is 12.5. The summed E-state index contributed by atoms with van der Waals surface area (Å²) in [5.41, 5.74) is 2.29. The molecule has 2 aromatic rings. The van der Waals surface area contributed by atoms with E-state index in [1.165, 1.54) is 0 Å². The first-order valence-corrected chi connectivity index (χ1v) is 9.10. The molecule has 0 aliphatic carbocycles. The maximum atomic E-state index is 12.5. The van der Waals surface area contributed by atoms with E-state index < -0.39 is 15.0 Å². The number of aryl methyl sites for hydroxylation is 2. The molecule has 22 heavy (non-hydrogen) atoms. The Kier molecular flexibility index (Phi) is 5.11. The highest BCUT2D eigenvalue weighted by atomic mass is 35.7. The number of nitrogens with zero attached hydrogens (tertiary/aromatic N) is 1. The SMILES string of the molecule is Cc1cc(C)cc(S(=O)(Cl)=NC(=O)Nc2ccc(Cl)cc2)c1. The first-order chi connectivity index (χ1) is 10.3. The van der Waals surface area contributed by atoms with Gasteiger partial charge >= 0.3 is 6.03 Å². The molecule has 1 N–H and O–H groups in total. The quantitative estimate of drug-likeness (QED) is 0.754. The monoisotopic (exact) mass is 356 g/mol. The zero-order valence-corrected chi connectivity index (χ0v) is 14.3. The molecule has 1 unspecified atom stereocenters. The van der Waals surface area contributed by atoms with E-state index in [2.05, 4.69) is 9.68 Å². The molecule has 0 aliphatic heterocycles. The number of anilines is 1. The van der Waals surface area contributed by atoms with Crippen molar-refractivity contribution in [2.75, 3.05) is 5.32 Å². The third kappa shape index (κ3) is 4.47.